The van der Waals surface area contributed by atoms with Crippen LogP contribution in [0.1, 0.15) is 71.9 Å². The zero-order chi connectivity index (χ0) is 23.3. The number of rotatable bonds is 8. The predicted octanol–water partition coefficient (Wildman–Crippen LogP) is 6.44. The van der Waals surface area contributed by atoms with Crippen LogP contribution in [0, 0.1) is 15.4 Å². The molecule has 1 aliphatic carbocycles. The number of hydrogen-bond acceptors (Lipinski definition) is 4. The largest absolute Gasteiger partial charge is 0.458 e. The summed E-state index contributed by atoms with van der Waals surface area (Å²) < 4.78 is 14.5. The van der Waals surface area contributed by atoms with Gasteiger partial charge in [0.1, 0.15) is 17.9 Å². The number of ether oxygens (including phenoxy) is 2. The Hall–Kier alpha value is -1.41. The Kier molecular flexibility index (Phi) is 8.78. The van der Waals surface area contributed by atoms with Crippen molar-refractivity contribution in [1.82, 2.24) is 9.78 Å². The number of carbonyl (C=O) groups excluding carboxylic acids is 1. The quantitative estimate of drug-likeness (QED) is 0.279. The Bertz CT molecular complexity index is 878. The zero-order valence-electron chi connectivity index (χ0n) is 20.1. The van der Waals surface area contributed by atoms with Crippen LogP contribution in [-0.4, -0.2) is 34.6 Å². The highest BCUT2D eigenvalue weighted by Crippen LogP contribution is 2.34. The van der Waals surface area contributed by atoms with Crippen LogP contribution in [0.2, 0.25) is 0 Å². The van der Waals surface area contributed by atoms with Crippen molar-refractivity contribution in [2.75, 3.05) is 13.2 Å². The molecule has 0 spiro atoms. The van der Waals surface area contributed by atoms with E-state index in [0.717, 1.165) is 25.1 Å². The van der Waals surface area contributed by atoms with Gasteiger partial charge in [-0.2, -0.15) is 5.10 Å². The Morgan fingerprint density at radius 2 is 1.75 bits per heavy atom. The summed E-state index contributed by atoms with van der Waals surface area (Å²) in [4.78, 5) is 11.8. The summed E-state index contributed by atoms with van der Waals surface area (Å²) in [7, 11) is 0. The molecule has 1 saturated carbocycles. The SMILES string of the molecule is CC(C)c1c(I)c(-c2ccccc2)nn1C[C@H]1CC[C@@H](COCC(=O)OC(C)(C)C)CC1. The molecule has 1 aliphatic rings. The lowest BCUT2D eigenvalue weighted by Gasteiger charge is -2.29. The third kappa shape index (κ3) is 7.04. The molecule has 176 valence electrons. The lowest BCUT2D eigenvalue weighted by atomic mass is 9.82. The third-order valence-corrected chi connectivity index (χ3v) is 6.98. The van der Waals surface area contributed by atoms with Crippen LogP contribution < -0.4 is 0 Å². The summed E-state index contributed by atoms with van der Waals surface area (Å²) in [5.74, 6) is 1.31. The number of benzene rings is 1. The summed E-state index contributed by atoms with van der Waals surface area (Å²) in [5.41, 5.74) is 3.16. The van der Waals surface area contributed by atoms with E-state index >= 15 is 0 Å². The summed E-state index contributed by atoms with van der Waals surface area (Å²) in [5, 5.41) is 5.05. The molecule has 0 N–H and O–H groups in total. The second-order valence-corrected chi connectivity index (χ2v) is 11.3. The minimum absolute atomic E-state index is 0.0446. The van der Waals surface area contributed by atoms with Crippen molar-refractivity contribution in [2.45, 2.75) is 78.4 Å². The molecule has 0 saturated heterocycles. The van der Waals surface area contributed by atoms with Gasteiger partial charge in [0.2, 0.25) is 0 Å². The molecule has 2 aromatic rings. The van der Waals surface area contributed by atoms with Gasteiger partial charge in [-0.1, -0.05) is 44.2 Å². The van der Waals surface area contributed by atoms with Gasteiger partial charge < -0.3 is 9.47 Å². The average Bonchev–Trinajstić information content (AvgIpc) is 3.04. The van der Waals surface area contributed by atoms with Gasteiger partial charge in [-0.05, 0) is 86.8 Å². The number of hydrogen-bond donors (Lipinski definition) is 0. The molecule has 0 aliphatic heterocycles. The average molecular weight is 552 g/mol. The van der Waals surface area contributed by atoms with Crippen molar-refractivity contribution in [3.8, 4) is 11.3 Å². The minimum Gasteiger partial charge on any atom is -0.458 e. The van der Waals surface area contributed by atoms with Crippen molar-refractivity contribution in [3.63, 3.8) is 0 Å². The number of carbonyl (C=O) groups is 1. The number of halogens is 1. The molecule has 6 heteroatoms. The van der Waals surface area contributed by atoms with Crippen molar-refractivity contribution in [3.05, 3.63) is 39.6 Å². The van der Waals surface area contributed by atoms with E-state index in [0.29, 0.717) is 24.4 Å². The smallest absolute Gasteiger partial charge is 0.332 e. The maximum atomic E-state index is 11.8. The highest BCUT2D eigenvalue weighted by atomic mass is 127. The molecule has 1 aromatic heterocycles. The van der Waals surface area contributed by atoms with Crippen LogP contribution in [0.5, 0.6) is 0 Å². The molecule has 0 amide bonds. The number of aromatic nitrogens is 2. The molecule has 0 radical (unpaired) electrons. The second-order valence-electron chi connectivity index (χ2n) is 10.2. The van der Waals surface area contributed by atoms with Gasteiger partial charge in [0.15, 0.2) is 0 Å². The van der Waals surface area contributed by atoms with Gasteiger partial charge in [-0.25, -0.2) is 4.79 Å². The Balaban J connectivity index is 1.53. The van der Waals surface area contributed by atoms with Crippen LogP contribution in [0.3, 0.4) is 0 Å². The second kappa shape index (κ2) is 11.1. The number of nitrogens with zero attached hydrogens (tertiary/aromatic N) is 2. The molecule has 3 rings (SSSR count). The fourth-order valence-corrected chi connectivity index (χ4v) is 5.75. The topological polar surface area (TPSA) is 53.4 Å². The molecule has 32 heavy (non-hydrogen) atoms. The van der Waals surface area contributed by atoms with Gasteiger partial charge >= 0.3 is 5.97 Å². The van der Waals surface area contributed by atoms with E-state index in [1.165, 1.54) is 27.7 Å². The fraction of sp³-hybridized carbons (Fsp3) is 0.615. The van der Waals surface area contributed by atoms with Crippen LogP contribution in [0.4, 0.5) is 0 Å². The molecular weight excluding hydrogens is 515 g/mol. The van der Waals surface area contributed by atoms with E-state index in [-0.39, 0.29) is 12.6 Å². The van der Waals surface area contributed by atoms with E-state index in [9.17, 15) is 4.79 Å². The maximum absolute atomic E-state index is 11.8. The Labute approximate surface area is 206 Å². The summed E-state index contributed by atoms with van der Waals surface area (Å²) >= 11 is 2.47. The third-order valence-electron chi connectivity index (χ3n) is 5.92. The first kappa shape index (κ1) is 25.2. The van der Waals surface area contributed by atoms with Crippen LogP contribution >= 0.6 is 22.6 Å². The van der Waals surface area contributed by atoms with Crippen molar-refractivity contribution >= 4 is 28.6 Å². The van der Waals surface area contributed by atoms with Gasteiger partial charge in [0, 0.05) is 12.1 Å². The van der Waals surface area contributed by atoms with E-state index in [4.69, 9.17) is 14.6 Å². The summed E-state index contributed by atoms with van der Waals surface area (Å²) in [6.07, 6.45) is 4.63. The molecule has 0 atom stereocenters. The summed E-state index contributed by atoms with van der Waals surface area (Å²) in [6, 6.07) is 10.5. The van der Waals surface area contributed by atoms with Crippen LogP contribution in [0.25, 0.3) is 11.3 Å². The number of esters is 1. The Morgan fingerprint density at radius 1 is 1.12 bits per heavy atom. The molecule has 1 heterocycles. The van der Waals surface area contributed by atoms with Crippen molar-refractivity contribution in [1.29, 1.82) is 0 Å². The first-order valence-electron chi connectivity index (χ1n) is 11.7. The highest BCUT2D eigenvalue weighted by molar-refractivity contribution is 14.1. The minimum atomic E-state index is -0.460. The Morgan fingerprint density at radius 3 is 2.34 bits per heavy atom. The highest BCUT2D eigenvalue weighted by Gasteiger charge is 2.26. The van der Waals surface area contributed by atoms with Gasteiger partial charge in [-0.3, -0.25) is 4.68 Å². The first-order valence-corrected chi connectivity index (χ1v) is 12.8. The van der Waals surface area contributed by atoms with Crippen LogP contribution in [0.15, 0.2) is 30.3 Å². The fourth-order valence-electron chi connectivity index (χ4n) is 4.43. The maximum Gasteiger partial charge on any atom is 0.332 e. The predicted molar refractivity (Wildman–Crippen MR) is 137 cm³/mol. The first-order chi connectivity index (χ1) is 15.1. The summed E-state index contributed by atoms with van der Waals surface area (Å²) in [6.45, 7) is 11.8. The lowest BCUT2D eigenvalue weighted by Crippen LogP contribution is -2.28. The molecule has 0 bridgehead atoms. The van der Waals surface area contributed by atoms with E-state index < -0.39 is 5.60 Å². The standard InChI is InChI=1S/C26H37IN2O3/c1-18(2)25-23(27)24(21-9-7-6-8-10-21)28-29(25)15-19-11-13-20(14-12-19)16-31-17-22(30)32-26(3,4)5/h6-10,18-20H,11-17H2,1-5H3/t19-,20+. The molecule has 5 nitrogen and oxygen atoms in total. The zero-order valence-corrected chi connectivity index (χ0v) is 22.2. The monoisotopic (exact) mass is 552 g/mol. The van der Waals surface area contributed by atoms with Crippen molar-refractivity contribution < 1.29 is 14.3 Å². The van der Waals surface area contributed by atoms with E-state index in [1.807, 2.05) is 26.8 Å². The normalized spacial score (nSPS) is 19.3. The molecule has 0 unspecified atom stereocenters. The molecule has 1 fully saturated rings. The van der Waals surface area contributed by atoms with Gasteiger partial charge in [0.25, 0.3) is 0 Å². The van der Waals surface area contributed by atoms with Gasteiger partial charge in [-0.15, -0.1) is 0 Å². The van der Waals surface area contributed by atoms with Gasteiger partial charge in [0.05, 0.1) is 15.9 Å². The lowest BCUT2D eigenvalue weighted by molar-refractivity contribution is -0.160. The van der Waals surface area contributed by atoms with E-state index in [1.54, 1.807) is 0 Å². The van der Waals surface area contributed by atoms with Crippen LogP contribution in [-0.2, 0) is 20.8 Å². The molecular formula is C26H37IN2O3. The van der Waals surface area contributed by atoms with Crippen molar-refractivity contribution in [2.24, 2.45) is 11.8 Å². The molecule has 1 aromatic carbocycles. The van der Waals surface area contributed by atoms with E-state index in [2.05, 4.69) is 65.4 Å².